The van der Waals surface area contributed by atoms with E-state index in [-0.39, 0.29) is 0 Å². The van der Waals surface area contributed by atoms with E-state index in [9.17, 15) is 0 Å². The Morgan fingerprint density at radius 2 is 0.862 bits per heavy atom. The van der Waals surface area contributed by atoms with Gasteiger partial charge in [0.2, 0.25) is 0 Å². The zero-order valence-electron chi connectivity index (χ0n) is 16.5. The summed E-state index contributed by atoms with van der Waals surface area (Å²) in [6.45, 7) is 1.34. The lowest BCUT2D eigenvalue weighted by Gasteiger charge is -2.13. The Kier molecular flexibility index (Phi) is 7.44. The Morgan fingerprint density at radius 3 is 1.34 bits per heavy atom. The number of hydrogen-bond donors (Lipinski definition) is 0. The third-order valence-corrected chi connectivity index (χ3v) is 6.96. The van der Waals surface area contributed by atoms with Crippen LogP contribution >= 0.6 is 23.5 Å². The van der Waals surface area contributed by atoms with Crippen LogP contribution in [0.4, 0.5) is 0 Å². The highest BCUT2D eigenvalue weighted by molar-refractivity contribution is 7.98. The van der Waals surface area contributed by atoms with Gasteiger partial charge in [-0.15, -0.1) is 0 Å². The SMILES string of the molecule is c1ccc2c(c1)CSCc1ccccc1OCCCOc1ccccc1CSC2. The van der Waals surface area contributed by atoms with Gasteiger partial charge in [0.15, 0.2) is 0 Å². The Morgan fingerprint density at radius 1 is 0.483 bits per heavy atom. The van der Waals surface area contributed by atoms with E-state index in [0.29, 0.717) is 13.2 Å². The first-order valence-electron chi connectivity index (χ1n) is 10.0. The molecule has 1 aliphatic heterocycles. The quantitative estimate of drug-likeness (QED) is 0.400. The monoisotopic (exact) mass is 422 g/mol. The summed E-state index contributed by atoms with van der Waals surface area (Å²) in [5, 5.41) is 0. The number of thioether (sulfide) groups is 2. The molecule has 2 nitrogen and oxygen atoms in total. The molecule has 0 saturated carbocycles. The first-order valence-corrected chi connectivity index (χ1v) is 12.3. The van der Waals surface area contributed by atoms with E-state index in [1.807, 2.05) is 35.7 Å². The minimum atomic E-state index is 0.668. The number of benzene rings is 3. The Bertz CT molecular complexity index is 851. The van der Waals surface area contributed by atoms with Gasteiger partial charge >= 0.3 is 0 Å². The van der Waals surface area contributed by atoms with Crippen molar-refractivity contribution in [3.63, 3.8) is 0 Å². The van der Waals surface area contributed by atoms with Crippen LogP contribution in [0.3, 0.4) is 0 Å². The van der Waals surface area contributed by atoms with Crippen molar-refractivity contribution >= 4 is 23.5 Å². The maximum atomic E-state index is 6.07. The van der Waals surface area contributed by atoms with Crippen LogP contribution in [-0.4, -0.2) is 13.2 Å². The van der Waals surface area contributed by atoms with E-state index in [1.165, 1.54) is 22.3 Å². The van der Waals surface area contributed by atoms with Gasteiger partial charge in [0.25, 0.3) is 0 Å². The predicted molar refractivity (Wildman–Crippen MR) is 125 cm³/mol. The molecule has 0 unspecified atom stereocenters. The number of rotatable bonds is 0. The average Bonchev–Trinajstić information content (AvgIpc) is 2.76. The number of hydrogen-bond acceptors (Lipinski definition) is 4. The molecule has 4 rings (SSSR count). The lowest BCUT2D eigenvalue weighted by Crippen LogP contribution is -2.06. The van der Waals surface area contributed by atoms with Crippen molar-refractivity contribution in [2.45, 2.75) is 29.4 Å². The summed E-state index contributed by atoms with van der Waals surface area (Å²) in [4.78, 5) is 0. The second-order valence-corrected chi connectivity index (χ2v) is 8.99. The van der Waals surface area contributed by atoms with Crippen molar-refractivity contribution in [2.75, 3.05) is 13.2 Å². The van der Waals surface area contributed by atoms with Crippen LogP contribution in [0, 0.1) is 0 Å². The van der Waals surface area contributed by atoms with Gasteiger partial charge in [0, 0.05) is 40.6 Å². The van der Waals surface area contributed by atoms with Gasteiger partial charge in [0.05, 0.1) is 13.2 Å². The van der Waals surface area contributed by atoms with Crippen LogP contribution < -0.4 is 9.47 Å². The first-order chi connectivity index (χ1) is 14.4. The fraction of sp³-hybridized carbons (Fsp3) is 0.280. The summed E-state index contributed by atoms with van der Waals surface area (Å²) in [7, 11) is 0. The maximum absolute atomic E-state index is 6.07. The largest absolute Gasteiger partial charge is 0.493 e. The molecule has 0 radical (unpaired) electrons. The van der Waals surface area contributed by atoms with Crippen molar-refractivity contribution in [3.05, 3.63) is 95.1 Å². The minimum Gasteiger partial charge on any atom is -0.493 e. The first kappa shape index (κ1) is 20.2. The molecule has 0 saturated heterocycles. The number of fused-ring (bicyclic) bond motifs is 3. The van der Waals surface area contributed by atoms with Crippen LogP contribution in [0.1, 0.15) is 28.7 Å². The number of para-hydroxylation sites is 2. The summed E-state index contributed by atoms with van der Waals surface area (Å²) in [5.41, 5.74) is 5.38. The molecular weight excluding hydrogens is 396 g/mol. The Balaban J connectivity index is 1.54. The predicted octanol–water partition coefficient (Wildman–Crippen LogP) is 6.71. The molecule has 0 aliphatic carbocycles. The van der Waals surface area contributed by atoms with Gasteiger partial charge in [-0.3, -0.25) is 0 Å². The molecule has 29 heavy (non-hydrogen) atoms. The fourth-order valence-corrected chi connectivity index (χ4v) is 5.46. The van der Waals surface area contributed by atoms with Crippen LogP contribution in [0.25, 0.3) is 0 Å². The van der Waals surface area contributed by atoms with Crippen LogP contribution in [0.15, 0.2) is 72.8 Å². The van der Waals surface area contributed by atoms with Crippen molar-refractivity contribution in [2.24, 2.45) is 0 Å². The van der Waals surface area contributed by atoms with E-state index in [1.54, 1.807) is 0 Å². The molecule has 1 heterocycles. The second kappa shape index (κ2) is 10.7. The molecule has 3 aromatic carbocycles. The van der Waals surface area contributed by atoms with E-state index in [4.69, 9.17) is 9.47 Å². The summed E-state index contributed by atoms with van der Waals surface area (Å²) >= 11 is 3.91. The molecule has 0 atom stereocenters. The lowest BCUT2D eigenvalue weighted by atomic mass is 10.1. The van der Waals surface area contributed by atoms with E-state index in [2.05, 4.69) is 60.7 Å². The Labute approximate surface area is 182 Å². The molecule has 150 valence electrons. The topological polar surface area (TPSA) is 18.5 Å². The summed E-state index contributed by atoms with van der Waals surface area (Å²) in [6.07, 6.45) is 0.869. The van der Waals surface area contributed by atoms with Gasteiger partial charge < -0.3 is 9.47 Å². The third kappa shape index (κ3) is 5.74. The molecule has 0 spiro atoms. The molecule has 1 aliphatic rings. The smallest absolute Gasteiger partial charge is 0.123 e. The number of ether oxygens (including phenoxy) is 2. The lowest BCUT2D eigenvalue weighted by molar-refractivity contribution is 0.245. The third-order valence-electron chi connectivity index (χ3n) is 4.90. The summed E-state index contributed by atoms with van der Waals surface area (Å²) in [6, 6.07) is 25.6. The molecule has 0 N–H and O–H groups in total. The zero-order chi connectivity index (χ0) is 19.7. The highest BCUT2D eigenvalue weighted by atomic mass is 32.2. The van der Waals surface area contributed by atoms with Crippen molar-refractivity contribution < 1.29 is 9.47 Å². The molecule has 0 bridgehead atoms. The van der Waals surface area contributed by atoms with Crippen LogP contribution in [0.2, 0.25) is 0 Å². The Hall–Kier alpha value is -2.04. The summed E-state index contributed by atoms with van der Waals surface area (Å²) < 4.78 is 12.1. The van der Waals surface area contributed by atoms with Crippen molar-refractivity contribution in [1.82, 2.24) is 0 Å². The molecule has 0 fully saturated rings. The maximum Gasteiger partial charge on any atom is 0.123 e. The van der Waals surface area contributed by atoms with Crippen LogP contribution in [0.5, 0.6) is 11.5 Å². The highest BCUT2D eigenvalue weighted by Crippen LogP contribution is 2.30. The zero-order valence-corrected chi connectivity index (χ0v) is 18.1. The second-order valence-electron chi connectivity index (χ2n) is 7.02. The minimum absolute atomic E-state index is 0.668. The van der Waals surface area contributed by atoms with E-state index in [0.717, 1.165) is 40.9 Å². The van der Waals surface area contributed by atoms with E-state index >= 15 is 0 Å². The standard InChI is InChI=1S/C25H26O2S2/c1-2-9-21-17-29-19-23-11-4-6-13-25(23)27-15-7-14-26-24-12-5-3-10-22(24)18-28-16-20(21)8-1/h1-6,8-13H,7,14-19H2. The van der Waals surface area contributed by atoms with Crippen molar-refractivity contribution in [3.8, 4) is 11.5 Å². The van der Waals surface area contributed by atoms with Gasteiger partial charge in [-0.25, -0.2) is 0 Å². The van der Waals surface area contributed by atoms with Gasteiger partial charge in [-0.2, -0.15) is 23.5 Å². The molecule has 3 aromatic rings. The molecule has 0 aromatic heterocycles. The van der Waals surface area contributed by atoms with Gasteiger partial charge in [-0.05, 0) is 23.3 Å². The summed E-state index contributed by atoms with van der Waals surface area (Å²) in [5.74, 6) is 5.94. The van der Waals surface area contributed by atoms with Gasteiger partial charge in [0.1, 0.15) is 11.5 Å². The fourth-order valence-electron chi connectivity index (χ4n) is 3.33. The molecule has 0 amide bonds. The van der Waals surface area contributed by atoms with Gasteiger partial charge in [-0.1, -0.05) is 60.7 Å². The molecular formula is C25H26O2S2. The van der Waals surface area contributed by atoms with E-state index < -0.39 is 0 Å². The normalized spacial score (nSPS) is 15.6. The average molecular weight is 423 g/mol. The van der Waals surface area contributed by atoms with Crippen molar-refractivity contribution in [1.29, 1.82) is 0 Å². The molecule has 4 heteroatoms. The van der Waals surface area contributed by atoms with Crippen LogP contribution in [-0.2, 0) is 23.0 Å². The highest BCUT2D eigenvalue weighted by Gasteiger charge is 2.09.